The monoisotopic (exact) mass is 456 g/mol. The molecular formula is C26H40N4O3. The van der Waals surface area contributed by atoms with Crippen LogP contribution in [0.15, 0.2) is 35.9 Å². The standard InChI is InChI=1S/C26H40N4O3/c1-6-21(31)18(4)8-7-9-19(5)25(33)27-24-22(32)11-10-20-23(24)29-26(28-20)12-14-30(15-13-26)16-17(2)3/h7-11,17-18,21,28-29,31-32H,6,12-16H2,1-5H3,(H,27,33)/b8-7?,19-9-. The molecule has 7 nitrogen and oxygen atoms in total. The summed E-state index contributed by atoms with van der Waals surface area (Å²) in [4.78, 5) is 15.3. The van der Waals surface area contributed by atoms with Gasteiger partial charge in [-0.05, 0) is 31.4 Å². The van der Waals surface area contributed by atoms with Gasteiger partial charge in [0.05, 0.1) is 17.5 Å². The van der Waals surface area contributed by atoms with Crippen LogP contribution in [0.1, 0.15) is 53.9 Å². The molecule has 7 heteroatoms. The highest BCUT2D eigenvalue weighted by Gasteiger charge is 2.40. The lowest BCUT2D eigenvalue weighted by Gasteiger charge is -2.40. The SMILES string of the molecule is CCC(O)C(C)C=C/C=C(/C)C(=O)Nc1c(O)ccc2c1NC1(CCN(CC(C)C)CC1)N2. The van der Waals surface area contributed by atoms with Gasteiger partial charge < -0.3 is 31.1 Å². The number of likely N-dealkylation sites (tertiary alicyclic amines) is 1. The van der Waals surface area contributed by atoms with Gasteiger partial charge in [-0.3, -0.25) is 4.79 Å². The highest BCUT2D eigenvalue weighted by molar-refractivity contribution is 6.08. The Labute approximate surface area is 197 Å². The molecule has 33 heavy (non-hydrogen) atoms. The second kappa shape index (κ2) is 10.6. The van der Waals surface area contributed by atoms with E-state index in [1.807, 2.05) is 26.0 Å². The lowest BCUT2D eigenvalue weighted by Crippen LogP contribution is -2.52. The van der Waals surface area contributed by atoms with Gasteiger partial charge in [-0.15, -0.1) is 0 Å². The number of allylic oxidation sites excluding steroid dienone is 2. The van der Waals surface area contributed by atoms with E-state index in [-0.39, 0.29) is 23.2 Å². The van der Waals surface area contributed by atoms with Gasteiger partial charge in [-0.25, -0.2) is 0 Å². The molecule has 2 heterocycles. The fourth-order valence-electron chi connectivity index (χ4n) is 4.53. The van der Waals surface area contributed by atoms with E-state index >= 15 is 0 Å². The van der Waals surface area contributed by atoms with Crippen LogP contribution in [-0.2, 0) is 4.79 Å². The van der Waals surface area contributed by atoms with Crippen molar-refractivity contribution in [2.75, 3.05) is 35.6 Å². The molecule has 1 spiro atoms. The molecular weight excluding hydrogens is 416 g/mol. The van der Waals surface area contributed by atoms with Crippen molar-refractivity contribution in [2.45, 2.75) is 65.6 Å². The van der Waals surface area contributed by atoms with E-state index in [2.05, 4.69) is 34.7 Å². The number of piperidine rings is 1. The van der Waals surface area contributed by atoms with Gasteiger partial charge >= 0.3 is 0 Å². The van der Waals surface area contributed by atoms with Gasteiger partial charge in [-0.2, -0.15) is 0 Å². The first kappa shape index (κ1) is 25.1. The third-order valence-corrected chi connectivity index (χ3v) is 6.64. The number of rotatable bonds is 8. The molecule has 2 aliphatic rings. The number of benzene rings is 1. The highest BCUT2D eigenvalue weighted by atomic mass is 16.3. The molecule has 1 saturated heterocycles. The molecule has 1 amide bonds. The van der Waals surface area contributed by atoms with E-state index in [0.717, 1.165) is 43.9 Å². The van der Waals surface area contributed by atoms with Crippen molar-refractivity contribution in [3.63, 3.8) is 0 Å². The molecule has 0 aromatic heterocycles. The lowest BCUT2D eigenvalue weighted by molar-refractivity contribution is -0.112. The predicted octanol–water partition coefficient (Wildman–Crippen LogP) is 4.53. The second-order valence-corrected chi connectivity index (χ2v) is 9.93. The van der Waals surface area contributed by atoms with Gasteiger partial charge in [0, 0.05) is 44.0 Å². The fraction of sp³-hybridized carbons (Fsp3) is 0.577. The number of aliphatic hydroxyl groups excluding tert-OH is 1. The summed E-state index contributed by atoms with van der Waals surface area (Å²) in [6.07, 6.45) is 7.59. The lowest BCUT2D eigenvalue weighted by atomic mass is 9.97. The van der Waals surface area contributed by atoms with E-state index in [9.17, 15) is 15.0 Å². The maximum Gasteiger partial charge on any atom is 0.251 e. The van der Waals surface area contributed by atoms with Gasteiger partial charge in [0.25, 0.3) is 5.91 Å². The number of phenols is 1. The summed E-state index contributed by atoms with van der Waals surface area (Å²) in [5.74, 6) is 0.419. The number of hydrogen-bond acceptors (Lipinski definition) is 6. The molecule has 1 aromatic carbocycles. The molecule has 1 aromatic rings. The van der Waals surface area contributed by atoms with E-state index < -0.39 is 6.10 Å². The summed E-state index contributed by atoms with van der Waals surface area (Å²) in [6.45, 7) is 13.2. The highest BCUT2D eigenvalue weighted by Crippen LogP contribution is 2.47. The molecule has 182 valence electrons. The molecule has 5 N–H and O–H groups in total. The van der Waals surface area contributed by atoms with Gasteiger partial charge in [0.2, 0.25) is 0 Å². The van der Waals surface area contributed by atoms with Crippen molar-refractivity contribution < 1.29 is 15.0 Å². The smallest absolute Gasteiger partial charge is 0.251 e. The Kier molecular flexibility index (Phi) is 8.08. The van der Waals surface area contributed by atoms with Crippen molar-refractivity contribution in [3.05, 3.63) is 35.9 Å². The maximum atomic E-state index is 12.8. The average molecular weight is 457 g/mol. The number of aromatic hydroxyl groups is 1. The van der Waals surface area contributed by atoms with Crippen LogP contribution in [0, 0.1) is 11.8 Å². The zero-order valence-corrected chi connectivity index (χ0v) is 20.6. The van der Waals surface area contributed by atoms with Crippen molar-refractivity contribution in [1.82, 2.24) is 4.90 Å². The van der Waals surface area contributed by atoms with E-state index in [0.29, 0.717) is 23.6 Å². The zero-order valence-electron chi connectivity index (χ0n) is 20.6. The number of carbonyl (C=O) groups excluding carboxylic acids is 1. The number of amides is 1. The van der Waals surface area contributed by atoms with Crippen LogP contribution < -0.4 is 16.0 Å². The molecule has 0 bridgehead atoms. The van der Waals surface area contributed by atoms with E-state index in [1.165, 1.54) is 0 Å². The first-order valence-corrected chi connectivity index (χ1v) is 12.1. The van der Waals surface area contributed by atoms with Crippen LogP contribution in [0.4, 0.5) is 17.1 Å². The summed E-state index contributed by atoms with van der Waals surface area (Å²) >= 11 is 0. The zero-order chi connectivity index (χ0) is 24.2. The first-order valence-electron chi connectivity index (χ1n) is 12.1. The van der Waals surface area contributed by atoms with Crippen molar-refractivity contribution in [2.24, 2.45) is 11.8 Å². The third kappa shape index (κ3) is 6.09. The predicted molar refractivity (Wildman–Crippen MR) is 136 cm³/mol. The van der Waals surface area contributed by atoms with Crippen LogP contribution in [0.5, 0.6) is 5.75 Å². The van der Waals surface area contributed by atoms with E-state index in [1.54, 1.807) is 25.1 Å². The number of carbonyl (C=O) groups is 1. The van der Waals surface area contributed by atoms with Gasteiger partial charge in [0.15, 0.2) is 0 Å². The quantitative estimate of drug-likeness (QED) is 0.171. The topological polar surface area (TPSA) is 96.9 Å². The number of nitrogens with one attached hydrogen (secondary N) is 3. The van der Waals surface area contributed by atoms with Crippen LogP contribution >= 0.6 is 0 Å². The summed E-state index contributed by atoms with van der Waals surface area (Å²) < 4.78 is 0. The molecule has 2 atom stereocenters. The minimum atomic E-state index is -0.393. The van der Waals surface area contributed by atoms with Crippen molar-refractivity contribution in [1.29, 1.82) is 0 Å². The Morgan fingerprint density at radius 3 is 2.58 bits per heavy atom. The maximum absolute atomic E-state index is 12.8. The van der Waals surface area contributed by atoms with Crippen LogP contribution in [0.2, 0.25) is 0 Å². The Morgan fingerprint density at radius 2 is 1.94 bits per heavy atom. The van der Waals surface area contributed by atoms with Crippen LogP contribution in [-0.4, -0.2) is 52.4 Å². The molecule has 2 aliphatic heterocycles. The third-order valence-electron chi connectivity index (χ3n) is 6.64. The molecule has 0 saturated carbocycles. The first-order chi connectivity index (χ1) is 15.6. The Morgan fingerprint density at radius 1 is 1.24 bits per heavy atom. The van der Waals surface area contributed by atoms with Gasteiger partial charge in [-0.1, -0.05) is 45.9 Å². The minimum Gasteiger partial charge on any atom is -0.506 e. The molecule has 0 radical (unpaired) electrons. The Bertz CT molecular complexity index is 901. The van der Waals surface area contributed by atoms with Gasteiger partial charge in [0.1, 0.15) is 17.1 Å². The van der Waals surface area contributed by atoms with Crippen molar-refractivity contribution >= 4 is 23.0 Å². The number of fused-ring (bicyclic) bond motifs is 1. The molecule has 1 fully saturated rings. The largest absolute Gasteiger partial charge is 0.506 e. The van der Waals surface area contributed by atoms with Crippen LogP contribution in [0.3, 0.4) is 0 Å². The molecule has 0 aliphatic carbocycles. The van der Waals surface area contributed by atoms with Crippen LogP contribution in [0.25, 0.3) is 0 Å². The average Bonchev–Trinajstić information content (AvgIpc) is 3.14. The fourth-order valence-corrected chi connectivity index (χ4v) is 4.53. The minimum absolute atomic E-state index is 0.0157. The summed E-state index contributed by atoms with van der Waals surface area (Å²) in [5, 5.41) is 30.5. The normalized spacial score (nSPS) is 19.9. The summed E-state index contributed by atoms with van der Waals surface area (Å²) in [7, 11) is 0. The summed E-state index contributed by atoms with van der Waals surface area (Å²) in [6, 6.07) is 3.47. The Balaban J connectivity index is 1.68. The molecule has 3 rings (SSSR count). The Hall–Kier alpha value is -2.51. The number of anilines is 3. The number of aliphatic hydroxyl groups is 1. The number of nitrogens with zero attached hydrogens (tertiary/aromatic N) is 1. The second-order valence-electron chi connectivity index (χ2n) is 9.93. The summed E-state index contributed by atoms with van der Waals surface area (Å²) in [5.41, 5.74) is 2.29. The van der Waals surface area contributed by atoms with Crippen molar-refractivity contribution in [3.8, 4) is 5.75 Å². The van der Waals surface area contributed by atoms with E-state index in [4.69, 9.17) is 0 Å². The number of phenolic OH excluding ortho intramolecular Hbond substituents is 1. The number of hydrogen-bond donors (Lipinski definition) is 5. The molecule has 2 unspecified atom stereocenters.